The van der Waals surface area contributed by atoms with Crippen LogP contribution in [0.4, 0.5) is 13.2 Å². The van der Waals surface area contributed by atoms with E-state index < -0.39 is 23.4 Å². The van der Waals surface area contributed by atoms with E-state index in [9.17, 15) is 23.1 Å². The smallest absolute Gasteiger partial charge is 0.433 e. The maximum atomic E-state index is 12.8. The van der Waals surface area contributed by atoms with Crippen LogP contribution in [0.2, 0.25) is 0 Å². The first-order valence-corrected chi connectivity index (χ1v) is 7.84. The van der Waals surface area contributed by atoms with Gasteiger partial charge in [0.25, 0.3) is 0 Å². The first kappa shape index (κ1) is 16.2. The third-order valence-corrected chi connectivity index (χ3v) is 5.22. The van der Waals surface area contributed by atoms with E-state index in [0.29, 0.717) is 44.3 Å². The molecule has 1 saturated carbocycles. The predicted octanol–water partition coefficient (Wildman–Crippen LogP) is 3.29. The van der Waals surface area contributed by atoms with Crippen molar-refractivity contribution in [3.05, 3.63) is 29.6 Å². The fraction of sp³-hybridized carbons (Fsp3) is 0.625. The van der Waals surface area contributed by atoms with Crippen LogP contribution in [0.25, 0.3) is 0 Å². The maximum absolute atomic E-state index is 12.8. The fourth-order valence-corrected chi connectivity index (χ4v) is 3.67. The molecule has 126 valence electrons. The quantitative estimate of drug-likeness (QED) is 0.925. The van der Waals surface area contributed by atoms with E-state index in [1.165, 1.54) is 6.20 Å². The molecule has 7 heteroatoms. The van der Waals surface area contributed by atoms with Crippen molar-refractivity contribution in [2.45, 2.75) is 49.7 Å². The Kier molecular flexibility index (Phi) is 4.08. The number of carboxylic acid groups (broad SMARTS) is 1. The summed E-state index contributed by atoms with van der Waals surface area (Å²) < 4.78 is 38.3. The highest BCUT2D eigenvalue weighted by Crippen LogP contribution is 2.41. The number of likely N-dealkylation sites (tertiary alicyclic amines) is 1. The van der Waals surface area contributed by atoms with Crippen LogP contribution in [0.15, 0.2) is 18.3 Å². The van der Waals surface area contributed by atoms with Crippen molar-refractivity contribution in [1.29, 1.82) is 0 Å². The van der Waals surface area contributed by atoms with Gasteiger partial charge in [0, 0.05) is 6.20 Å². The Labute approximate surface area is 132 Å². The molecule has 23 heavy (non-hydrogen) atoms. The zero-order chi connectivity index (χ0) is 16.7. The number of halogens is 3. The van der Waals surface area contributed by atoms with Gasteiger partial charge in [-0.1, -0.05) is 0 Å². The van der Waals surface area contributed by atoms with Gasteiger partial charge in [-0.25, -0.2) is 0 Å². The van der Waals surface area contributed by atoms with E-state index in [1.54, 1.807) is 6.07 Å². The molecule has 2 heterocycles. The number of nitrogens with zero attached hydrogens (tertiary/aromatic N) is 2. The summed E-state index contributed by atoms with van der Waals surface area (Å²) in [5.74, 6) is -0.744. The lowest BCUT2D eigenvalue weighted by molar-refractivity contribution is -0.159. The minimum atomic E-state index is -4.43. The fourth-order valence-electron chi connectivity index (χ4n) is 3.67. The van der Waals surface area contributed by atoms with E-state index in [2.05, 4.69) is 4.98 Å². The Hall–Kier alpha value is -1.63. The summed E-state index contributed by atoms with van der Waals surface area (Å²) in [5.41, 5.74) is -0.955. The second-order valence-electron chi connectivity index (χ2n) is 6.42. The Morgan fingerprint density at radius 2 is 1.96 bits per heavy atom. The molecule has 0 amide bonds. The molecule has 2 fully saturated rings. The summed E-state index contributed by atoms with van der Waals surface area (Å²) in [6.45, 7) is 1.22. The van der Waals surface area contributed by atoms with Crippen LogP contribution in [0.3, 0.4) is 0 Å². The van der Waals surface area contributed by atoms with Crippen molar-refractivity contribution in [1.82, 2.24) is 9.88 Å². The number of hydrogen-bond acceptors (Lipinski definition) is 3. The molecule has 1 aromatic heterocycles. The van der Waals surface area contributed by atoms with Crippen molar-refractivity contribution in [3.8, 4) is 0 Å². The summed E-state index contributed by atoms with van der Waals surface area (Å²) in [6.07, 6.45) is 0.379. The van der Waals surface area contributed by atoms with Gasteiger partial charge in [0.1, 0.15) is 11.2 Å². The van der Waals surface area contributed by atoms with Gasteiger partial charge in [0.2, 0.25) is 0 Å². The summed E-state index contributed by atoms with van der Waals surface area (Å²) in [5, 5.41) is 9.47. The molecule has 1 aromatic rings. The lowest BCUT2D eigenvalue weighted by Crippen LogP contribution is -2.60. The Morgan fingerprint density at radius 1 is 1.30 bits per heavy atom. The second kappa shape index (κ2) is 5.78. The van der Waals surface area contributed by atoms with Gasteiger partial charge in [-0.3, -0.25) is 14.7 Å². The standard InChI is InChI=1S/C16H19F3N2O2/c17-16(18,19)13-10-12(2-7-20-13)11-3-8-21(9-4-11)15(14(22)23)5-1-6-15/h2,7,10-11H,1,3-6,8-9H2,(H,22,23). The zero-order valence-electron chi connectivity index (χ0n) is 12.6. The van der Waals surface area contributed by atoms with Crippen LogP contribution in [-0.2, 0) is 11.0 Å². The largest absolute Gasteiger partial charge is 0.480 e. The number of aliphatic carboxylic acids is 1. The summed E-state index contributed by atoms with van der Waals surface area (Å²) >= 11 is 0. The highest BCUT2D eigenvalue weighted by Gasteiger charge is 2.50. The summed E-state index contributed by atoms with van der Waals surface area (Å²) in [7, 11) is 0. The molecule has 0 bridgehead atoms. The van der Waals surface area contributed by atoms with Crippen LogP contribution >= 0.6 is 0 Å². The molecule has 0 aromatic carbocycles. The molecular weight excluding hydrogens is 309 g/mol. The van der Waals surface area contributed by atoms with Gasteiger partial charge >= 0.3 is 12.1 Å². The Morgan fingerprint density at radius 3 is 2.43 bits per heavy atom. The molecule has 2 aliphatic rings. The van der Waals surface area contributed by atoms with E-state index in [4.69, 9.17) is 0 Å². The molecular formula is C16H19F3N2O2. The van der Waals surface area contributed by atoms with Crippen LogP contribution < -0.4 is 0 Å². The van der Waals surface area contributed by atoms with Crippen LogP contribution in [0.5, 0.6) is 0 Å². The highest BCUT2D eigenvalue weighted by molar-refractivity contribution is 5.80. The van der Waals surface area contributed by atoms with Gasteiger partial charge in [-0.15, -0.1) is 0 Å². The molecule has 3 rings (SSSR count). The average Bonchev–Trinajstić information content (AvgIpc) is 2.46. The zero-order valence-corrected chi connectivity index (χ0v) is 12.6. The van der Waals surface area contributed by atoms with E-state index in [0.717, 1.165) is 12.5 Å². The third-order valence-electron chi connectivity index (χ3n) is 5.22. The third kappa shape index (κ3) is 2.94. The lowest BCUT2D eigenvalue weighted by Gasteiger charge is -2.49. The number of piperidine rings is 1. The number of carbonyl (C=O) groups is 1. The number of rotatable bonds is 3. The van der Waals surface area contributed by atoms with E-state index in [1.807, 2.05) is 4.90 Å². The van der Waals surface area contributed by atoms with Gasteiger partial charge in [0.15, 0.2) is 0 Å². The summed E-state index contributed by atoms with van der Waals surface area (Å²) in [6, 6.07) is 2.75. The molecule has 0 atom stereocenters. The van der Waals surface area contributed by atoms with Crippen molar-refractivity contribution in [3.63, 3.8) is 0 Å². The van der Waals surface area contributed by atoms with Crippen molar-refractivity contribution in [2.75, 3.05) is 13.1 Å². The molecule has 1 saturated heterocycles. The first-order valence-electron chi connectivity index (χ1n) is 7.84. The number of alkyl halides is 3. The van der Waals surface area contributed by atoms with Crippen LogP contribution in [-0.4, -0.2) is 39.6 Å². The number of hydrogen-bond donors (Lipinski definition) is 1. The average molecular weight is 328 g/mol. The summed E-state index contributed by atoms with van der Waals surface area (Å²) in [4.78, 5) is 16.9. The minimum absolute atomic E-state index is 0.0290. The van der Waals surface area contributed by atoms with Gasteiger partial charge in [0.05, 0.1) is 0 Å². The maximum Gasteiger partial charge on any atom is 0.433 e. The van der Waals surface area contributed by atoms with E-state index in [-0.39, 0.29) is 5.92 Å². The monoisotopic (exact) mass is 328 g/mol. The Balaban J connectivity index is 1.69. The number of carboxylic acids is 1. The molecule has 0 spiro atoms. The molecule has 0 unspecified atom stereocenters. The van der Waals surface area contributed by atoms with Crippen molar-refractivity contribution >= 4 is 5.97 Å². The first-order chi connectivity index (χ1) is 10.8. The van der Waals surface area contributed by atoms with Crippen LogP contribution in [0.1, 0.15) is 49.3 Å². The normalized spacial score (nSPS) is 22.6. The highest BCUT2D eigenvalue weighted by atomic mass is 19.4. The molecule has 1 aliphatic heterocycles. The molecule has 4 nitrogen and oxygen atoms in total. The Bertz CT molecular complexity index is 591. The molecule has 0 radical (unpaired) electrons. The lowest BCUT2D eigenvalue weighted by atomic mass is 9.73. The molecule has 1 N–H and O–H groups in total. The number of pyridine rings is 1. The van der Waals surface area contributed by atoms with Crippen LogP contribution in [0, 0.1) is 0 Å². The minimum Gasteiger partial charge on any atom is -0.480 e. The number of aromatic nitrogens is 1. The predicted molar refractivity (Wildman–Crippen MR) is 77.0 cm³/mol. The van der Waals surface area contributed by atoms with Gasteiger partial charge < -0.3 is 5.11 Å². The van der Waals surface area contributed by atoms with Gasteiger partial charge in [-0.2, -0.15) is 13.2 Å². The SMILES string of the molecule is O=C(O)C1(N2CCC(c3ccnc(C(F)(F)F)c3)CC2)CCC1. The van der Waals surface area contributed by atoms with Gasteiger partial charge in [-0.05, 0) is 68.8 Å². The molecule has 1 aliphatic carbocycles. The van der Waals surface area contributed by atoms with E-state index >= 15 is 0 Å². The second-order valence-corrected chi connectivity index (χ2v) is 6.42. The van der Waals surface area contributed by atoms with Crippen molar-refractivity contribution in [2.24, 2.45) is 0 Å². The topological polar surface area (TPSA) is 53.4 Å². The van der Waals surface area contributed by atoms with Crippen molar-refractivity contribution < 1.29 is 23.1 Å².